The molecule has 19 heavy (non-hydrogen) atoms. The highest BCUT2D eigenvalue weighted by Crippen LogP contribution is 2.28. The van der Waals surface area contributed by atoms with E-state index < -0.39 is 5.97 Å². The van der Waals surface area contributed by atoms with E-state index in [4.69, 9.17) is 28.3 Å². The van der Waals surface area contributed by atoms with Crippen LogP contribution in [0.5, 0.6) is 0 Å². The molecule has 2 aromatic rings. The third-order valence-electron chi connectivity index (χ3n) is 2.39. The standard InChI is InChI=1S/C12H10Cl2N2O2S/c1-7-5-15-12(19-6-11(17)18)16(7)8-2-3-9(13)10(14)4-8/h2-5H,6H2,1H3,(H,17,18). The molecule has 1 heterocycles. The first-order valence-electron chi connectivity index (χ1n) is 5.33. The van der Waals surface area contributed by atoms with Crippen LogP contribution in [0.2, 0.25) is 10.0 Å². The number of nitrogens with zero attached hydrogens (tertiary/aromatic N) is 2. The number of carboxylic acids is 1. The fraction of sp³-hybridized carbons (Fsp3) is 0.167. The molecule has 1 aromatic carbocycles. The molecule has 0 amide bonds. The molecule has 4 nitrogen and oxygen atoms in total. The smallest absolute Gasteiger partial charge is 0.313 e. The Morgan fingerprint density at radius 3 is 2.79 bits per heavy atom. The summed E-state index contributed by atoms with van der Waals surface area (Å²) in [5.41, 5.74) is 1.70. The summed E-state index contributed by atoms with van der Waals surface area (Å²) in [4.78, 5) is 14.8. The highest BCUT2D eigenvalue weighted by molar-refractivity contribution is 7.99. The van der Waals surface area contributed by atoms with E-state index in [0.717, 1.165) is 23.1 Å². The first kappa shape index (κ1) is 14.2. The number of carbonyl (C=O) groups is 1. The van der Waals surface area contributed by atoms with Gasteiger partial charge in [-0.15, -0.1) is 0 Å². The molecule has 0 saturated heterocycles. The average molecular weight is 317 g/mol. The Morgan fingerprint density at radius 2 is 2.16 bits per heavy atom. The summed E-state index contributed by atoms with van der Waals surface area (Å²) in [6, 6.07) is 5.24. The Hall–Kier alpha value is -1.17. The zero-order valence-corrected chi connectivity index (χ0v) is 12.3. The molecule has 7 heteroatoms. The summed E-state index contributed by atoms with van der Waals surface area (Å²) < 4.78 is 1.84. The van der Waals surface area contributed by atoms with Gasteiger partial charge in [-0.1, -0.05) is 35.0 Å². The highest BCUT2D eigenvalue weighted by atomic mass is 35.5. The molecular weight excluding hydrogens is 307 g/mol. The van der Waals surface area contributed by atoms with Gasteiger partial charge in [0.1, 0.15) is 0 Å². The van der Waals surface area contributed by atoms with Crippen molar-refractivity contribution < 1.29 is 9.90 Å². The van der Waals surface area contributed by atoms with Crippen molar-refractivity contribution in [3.63, 3.8) is 0 Å². The summed E-state index contributed by atoms with van der Waals surface area (Å²) in [5, 5.41) is 10.3. The number of halogens is 2. The van der Waals surface area contributed by atoms with Gasteiger partial charge in [0, 0.05) is 17.6 Å². The first-order valence-corrected chi connectivity index (χ1v) is 7.07. The third kappa shape index (κ3) is 3.23. The van der Waals surface area contributed by atoms with Crippen LogP contribution >= 0.6 is 35.0 Å². The predicted molar refractivity (Wildman–Crippen MR) is 76.7 cm³/mol. The second-order valence-electron chi connectivity index (χ2n) is 3.80. The van der Waals surface area contributed by atoms with E-state index in [1.807, 2.05) is 17.6 Å². The van der Waals surface area contributed by atoms with Crippen molar-refractivity contribution in [3.05, 3.63) is 40.1 Å². The lowest BCUT2D eigenvalue weighted by Gasteiger charge is -2.10. The van der Waals surface area contributed by atoms with E-state index in [1.165, 1.54) is 0 Å². The fourth-order valence-corrected chi connectivity index (χ4v) is 2.63. The van der Waals surface area contributed by atoms with Crippen molar-refractivity contribution in [1.82, 2.24) is 9.55 Å². The van der Waals surface area contributed by atoms with Crippen LogP contribution in [0.1, 0.15) is 5.69 Å². The Kier molecular flexibility index (Phi) is 4.39. The zero-order chi connectivity index (χ0) is 14.0. The zero-order valence-electron chi connectivity index (χ0n) is 9.93. The number of imidazole rings is 1. The largest absolute Gasteiger partial charge is 0.481 e. The summed E-state index contributed by atoms with van der Waals surface area (Å²) >= 11 is 13.0. The van der Waals surface area contributed by atoms with E-state index in [0.29, 0.717) is 15.2 Å². The molecule has 100 valence electrons. The van der Waals surface area contributed by atoms with Crippen LogP contribution < -0.4 is 0 Å². The summed E-state index contributed by atoms with van der Waals surface area (Å²) in [7, 11) is 0. The van der Waals surface area contributed by atoms with Crippen LogP contribution in [0.25, 0.3) is 5.69 Å². The van der Waals surface area contributed by atoms with Crippen molar-refractivity contribution in [2.75, 3.05) is 5.75 Å². The first-order chi connectivity index (χ1) is 8.99. The van der Waals surface area contributed by atoms with Gasteiger partial charge < -0.3 is 5.11 Å². The third-order valence-corrected chi connectivity index (χ3v) is 4.07. The predicted octanol–water partition coefficient (Wildman–Crippen LogP) is 3.66. The maximum absolute atomic E-state index is 10.6. The number of hydrogen-bond acceptors (Lipinski definition) is 3. The number of hydrogen-bond donors (Lipinski definition) is 1. The van der Waals surface area contributed by atoms with Gasteiger partial charge in [0.2, 0.25) is 0 Å². The number of carboxylic acid groups (broad SMARTS) is 1. The molecule has 0 atom stereocenters. The molecule has 0 saturated carbocycles. The Balaban J connectivity index is 2.40. The topological polar surface area (TPSA) is 55.1 Å². The molecule has 0 unspecified atom stereocenters. The summed E-state index contributed by atoms with van der Waals surface area (Å²) in [5.74, 6) is -0.927. The van der Waals surface area contributed by atoms with E-state index in [2.05, 4.69) is 4.98 Å². The molecule has 1 aromatic heterocycles. The summed E-state index contributed by atoms with van der Waals surface area (Å²) in [6.07, 6.45) is 1.69. The Morgan fingerprint density at radius 1 is 1.42 bits per heavy atom. The van der Waals surface area contributed by atoms with E-state index in [-0.39, 0.29) is 5.75 Å². The van der Waals surface area contributed by atoms with E-state index in [1.54, 1.807) is 18.3 Å². The lowest BCUT2D eigenvalue weighted by Crippen LogP contribution is -2.03. The van der Waals surface area contributed by atoms with Crippen molar-refractivity contribution in [2.24, 2.45) is 0 Å². The normalized spacial score (nSPS) is 10.7. The molecular formula is C12H10Cl2N2O2S. The van der Waals surface area contributed by atoms with Gasteiger partial charge in [0.05, 0.1) is 15.8 Å². The van der Waals surface area contributed by atoms with Gasteiger partial charge in [0.15, 0.2) is 5.16 Å². The fourth-order valence-electron chi connectivity index (χ4n) is 1.58. The lowest BCUT2D eigenvalue weighted by molar-refractivity contribution is -0.133. The molecule has 0 aliphatic rings. The van der Waals surface area contributed by atoms with Gasteiger partial charge in [0.25, 0.3) is 0 Å². The van der Waals surface area contributed by atoms with Gasteiger partial charge in [-0.25, -0.2) is 4.98 Å². The van der Waals surface area contributed by atoms with Crippen LogP contribution in [-0.2, 0) is 4.79 Å². The van der Waals surface area contributed by atoms with Gasteiger partial charge in [-0.3, -0.25) is 9.36 Å². The van der Waals surface area contributed by atoms with Crippen LogP contribution in [0, 0.1) is 6.92 Å². The minimum Gasteiger partial charge on any atom is -0.481 e. The molecule has 0 aliphatic heterocycles. The van der Waals surface area contributed by atoms with Crippen molar-refractivity contribution in [2.45, 2.75) is 12.1 Å². The van der Waals surface area contributed by atoms with Crippen LogP contribution in [0.3, 0.4) is 0 Å². The van der Waals surface area contributed by atoms with Gasteiger partial charge in [-0.05, 0) is 25.1 Å². The second-order valence-corrected chi connectivity index (χ2v) is 5.56. The average Bonchev–Trinajstić information content (AvgIpc) is 2.71. The molecule has 1 N–H and O–H groups in total. The molecule has 0 bridgehead atoms. The lowest BCUT2D eigenvalue weighted by atomic mass is 10.3. The van der Waals surface area contributed by atoms with E-state index in [9.17, 15) is 4.79 Å². The number of aryl methyl sites for hydroxylation is 1. The Labute approximate surface area is 124 Å². The van der Waals surface area contributed by atoms with Gasteiger partial charge >= 0.3 is 5.97 Å². The number of aromatic nitrogens is 2. The molecule has 0 spiro atoms. The van der Waals surface area contributed by atoms with Crippen LogP contribution in [0.15, 0.2) is 29.6 Å². The maximum atomic E-state index is 10.6. The van der Waals surface area contributed by atoms with Crippen molar-refractivity contribution in [1.29, 1.82) is 0 Å². The number of benzene rings is 1. The van der Waals surface area contributed by atoms with Crippen molar-refractivity contribution >= 4 is 40.9 Å². The monoisotopic (exact) mass is 316 g/mol. The molecule has 0 fully saturated rings. The number of rotatable bonds is 4. The highest BCUT2D eigenvalue weighted by Gasteiger charge is 2.12. The number of aliphatic carboxylic acids is 1. The molecule has 0 radical (unpaired) electrons. The van der Waals surface area contributed by atoms with Gasteiger partial charge in [-0.2, -0.15) is 0 Å². The minimum absolute atomic E-state index is 0.0439. The van der Waals surface area contributed by atoms with Crippen LogP contribution in [0.4, 0.5) is 0 Å². The summed E-state index contributed by atoms with van der Waals surface area (Å²) in [6.45, 7) is 1.89. The van der Waals surface area contributed by atoms with Crippen LogP contribution in [-0.4, -0.2) is 26.4 Å². The number of thioether (sulfide) groups is 1. The minimum atomic E-state index is -0.883. The van der Waals surface area contributed by atoms with E-state index >= 15 is 0 Å². The maximum Gasteiger partial charge on any atom is 0.313 e. The second kappa shape index (κ2) is 5.86. The molecule has 2 rings (SSSR count). The van der Waals surface area contributed by atoms with Crippen molar-refractivity contribution in [3.8, 4) is 5.69 Å². The SMILES string of the molecule is Cc1cnc(SCC(=O)O)n1-c1ccc(Cl)c(Cl)c1. The Bertz CT molecular complexity index is 628. The quantitative estimate of drug-likeness (QED) is 0.874. The molecule has 0 aliphatic carbocycles.